The average Bonchev–Trinajstić information content (AvgIpc) is 3.08. The first-order chi connectivity index (χ1) is 14.7. The Balaban J connectivity index is 1.87. The Hall–Kier alpha value is -3.41. The molecule has 0 fully saturated rings. The molecule has 0 aliphatic carbocycles. The molecule has 1 heterocycles. The van der Waals surface area contributed by atoms with Gasteiger partial charge in [-0.05, 0) is 53.3 Å². The van der Waals surface area contributed by atoms with E-state index in [1.165, 1.54) is 12.7 Å². The van der Waals surface area contributed by atoms with Crippen molar-refractivity contribution in [2.45, 2.75) is 46.0 Å². The largest absolute Gasteiger partial charge is 0.493 e. The molecule has 0 bridgehead atoms. The van der Waals surface area contributed by atoms with Crippen LogP contribution in [0.3, 0.4) is 0 Å². The topological polar surface area (TPSA) is 74.2 Å². The number of cyclic esters (lactones) is 1. The summed E-state index contributed by atoms with van der Waals surface area (Å²) in [6.45, 7) is 8.31. The summed E-state index contributed by atoms with van der Waals surface area (Å²) >= 11 is 0. The van der Waals surface area contributed by atoms with Crippen LogP contribution >= 0.6 is 0 Å². The number of carbonyl (C=O) groups is 2. The SMILES string of the molecule is CCCC(=O)Oc1cc(C=C2N=C(c3ccc(C(C)(C)C)cc3)OC2=O)ccc1OC. The Morgan fingerprint density at radius 3 is 2.42 bits per heavy atom. The van der Waals surface area contributed by atoms with E-state index in [9.17, 15) is 9.59 Å². The van der Waals surface area contributed by atoms with Gasteiger partial charge < -0.3 is 14.2 Å². The number of carbonyl (C=O) groups excluding carboxylic acids is 2. The van der Waals surface area contributed by atoms with Crippen molar-refractivity contribution in [3.63, 3.8) is 0 Å². The van der Waals surface area contributed by atoms with Crippen LogP contribution in [0.25, 0.3) is 6.08 Å². The minimum atomic E-state index is -0.532. The molecule has 0 N–H and O–H groups in total. The van der Waals surface area contributed by atoms with E-state index in [4.69, 9.17) is 14.2 Å². The molecule has 3 rings (SSSR count). The second-order valence-electron chi connectivity index (χ2n) is 8.30. The summed E-state index contributed by atoms with van der Waals surface area (Å²) in [5.41, 5.74) is 2.75. The molecule has 0 aromatic heterocycles. The van der Waals surface area contributed by atoms with Gasteiger partial charge in [0.25, 0.3) is 0 Å². The van der Waals surface area contributed by atoms with Crippen LogP contribution in [0.2, 0.25) is 0 Å². The second kappa shape index (κ2) is 9.16. The Morgan fingerprint density at radius 1 is 1.10 bits per heavy atom. The van der Waals surface area contributed by atoms with Gasteiger partial charge in [0.15, 0.2) is 17.2 Å². The fourth-order valence-corrected chi connectivity index (χ4v) is 3.04. The van der Waals surface area contributed by atoms with Crippen molar-refractivity contribution < 1.29 is 23.8 Å². The predicted molar refractivity (Wildman–Crippen MR) is 119 cm³/mol. The van der Waals surface area contributed by atoms with Crippen molar-refractivity contribution in [1.82, 2.24) is 0 Å². The number of benzene rings is 2. The number of rotatable bonds is 6. The van der Waals surface area contributed by atoms with E-state index in [1.807, 2.05) is 31.2 Å². The van der Waals surface area contributed by atoms with Crippen molar-refractivity contribution >= 4 is 23.9 Å². The lowest BCUT2D eigenvalue weighted by Gasteiger charge is -2.18. The van der Waals surface area contributed by atoms with Crippen LogP contribution in [-0.2, 0) is 19.7 Å². The highest BCUT2D eigenvalue weighted by molar-refractivity contribution is 6.12. The molecule has 2 aromatic carbocycles. The van der Waals surface area contributed by atoms with Crippen LogP contribution in [0.5, 0.6) is 11.5 Å². The van der Waals surface area contributed by atoms with Crippen molar-refractivity contribution in [3.05, 3.63) is 64.9 Å². The maximum Gasteiger partial charge on any atom is 0.363 e. The Labute approximate surface area is 182 Å². The Morgan fingerprint density at radius 2 is 1.81 bits per heavy atom. The summed E-state index contributed by atoms with van der Waals surface area (Å²) < 4.78 is 16.0. The first-order valence-corrected chi connectivity index (χ1v) is 10.2. The van der Waals surface area contributed by atoms with Crippen molar-refractivity contribution in [2.24, 2.45) is 4.99 Å². The van der Waals surface area contributed by atoms with Gasteiger partial charge in [-0.15, -0.1) is 0 Å². The third-order valence-electron chi connectivity index (χ3n) is 4.79. The van der Waals surface area contributed by atoms with Crippen LogP contribution in [-0.4, -0.2) is 24.9 Å². The third-order valence-corrected chi connectivity index (χ3v) is 4.79. The van der Waals surface area contributed by atoms with Gasteiger partial charge in [-0.2, -0.15) is 0 Å². The zero-order chi connectivity index (χ0) is 22.6. The van der Waals surface area contributed by atoms with Crippen LogP contribution in [0, 0.1) is 0 Å². The second-order valence-corrected chi connectivity index (χ2v) is 8.30. The van der Waals surface area contributed by atoms with Gasteiger partial charge in [0.05, 0.1) is 7.11 Å². The molecular weight excluding hydrogens is 394 g/mol. The van der Waals surface area contributed by atoms with Gasteiger partial charge in [-0.25, -0.2) is 9.79 Å². The van der Waals surface area contributed by atoms with E-state index in [0.29, 0.717) is 29.9 Å². The van der Waals surface area contributed by atoms with E-state index in [-0.39, 0.29) is 23.0 Å². The molecule has 0 saturated carbocycles. The number of hydrogen-bond acceptors (Lipinski definition) is 6. The minimum absolute atomic E-state index is 0.0322. The number of ether oxygens (including phenoxy) is 3. The summed E-state index contributed by atoms with van der Waals surface area (Å²) in [5.74, 6) is 0.118. The molecule has 0 radical (unpaired) electrons. The molecule has 162 valence electrons. The van der Waals surface area contributed by atoms with Crippen molar-refractivity contribution in [1.29, 1.82) is 0 Å². The lowest BCUT2D eigenvalue weighted by molar-refractivity contribution is -0.134. The van der Waals surface area contributed by atoms with Gasteiger partial charge in [0, 0.05) is 12.0 Å². The Kier molecular flexibility index (Phi) is 6.59. The smallest absolute Gasteiger partial charge is 0.363 e. The van der Waals surface area contributed by atoms with Gasteiger partial charge >= 0.3 is 11.9 Å². The normalized spacial score (nSPS) is 14.9. The van der Waals surface area contributed by atoms with Gasteiger partial charge in [0.1, 0.15) is 0 Å². The minimum Gasteiger partial charge on any atom is -0.493 e. The molecule has 2 aromatic rings. The number of aliphatic imine (C=N–C) groups is 1. The number of hydrogen-bond donors (Lipinski definition) is 0. The molecule has 6 nitrogen and oxygen atoms in total. The van der Waals surface area contributed by atoms with Crippen LogP contribution < -0.4 is 9.47 Å². The number of nitrogens with zero attached hydrogens (tertiary/aromatic N) is 1. The van der Waals surface area contributed by atoms with E-state index in [0.717, 1.165) is 5.56 Å². The lowest BCUT2D eigenvalue weighted by atomic mass is 9.87. The molecule has 31 heavy (non-hydrogen) atoms. The fraction of sp³-hybridized carbons (Fsp3) is 0.320. The van der Waals surface area contributed by atoms with Gasteiger partial charge in [-0.1, -0.05) is 45.9 Å². The molecule has 0 spiro atoms. The fourth-order valence-electron chi connectivity index (χ4n) is 3.04. The van der Waals surface area contributed by atoms with E-state index in [1.54, 1.807) is 24.3 Å². The van der Waals surface area contributed by atoms with Gasteiger partial charge in [0.2, 0.25) is 5.90 Å². The standard InChI is InChI=1S/C25H27NO5/c1-6-7-22(27)30-21-15-16(8-13-20(21)29-5)14-19-24(28)31-23(26-19)17-9-11-18(12-10-17)25(2,3)4/h8-15H,6-7H2,1-5H3. The van der Waals surface area contributed by atoms with Crippen LogP contribution in [0.1, 0.15) is 57.2 Å². The zero-order valence-corrected chi connectivity index (χ0v) is 18.5. The first kappa shape index (κ1) is 22.3. The average molecular weight is 421 g/mol. The zero-order valence-electron chi connectivity index (χ0n) is 18.5. The molecule has 0 atom stereocenters. The third kappa shape index (κ3) is 5.40. The quantitative estimate of drug-likeness (QED) is 0.371. The highest BCUT2D eigenvalue weighted by atomic mass is 16.6. The van der Waals surface area contributed by atoms with Gasteiger partial charge in [-0.3, -0.25) is 4.79 Å². The first-order valence-electron chi connectivity index (χ1n) is 10.2. The summed E-state index contributed by atoms with van der Waals surface area (Å²) in [5, 5.41) is 0. The molecule has 0 saturated heterocycles. The molecule has 1 aliphatic heterocycles. The molecule has 0 amide bonds. The maximum absolute atomic E-state index is 12.3. The molecule has 6 heteroatoms. The lowest BCUT2D eigenvalue weighted by Crippen LogP contribution is -2.11. The van der Waals surface area contributed by atoms with Crippen molar-refractivity contribution in [3.8, 4) is 11.5 Å². The summed E-state index contributed by atoms with van der Waals surface area (Å²) in [4.78, 5) is 28.6. The highest BCUT2D eigenvalue weighted by Gasteiger charge is 2.25. The molecule has 0 unspecified atom stereocenters. The highest BCUT2D eigenvalue weighted by Crippen LogP contribution is 2.30. The summed E-state index contributed by atoms with van der Waals surface area (Å²) in [7, 11) is 1.50. The van der Waals surface area contributed by atoms with E-state index < -0.39 is 5.97 Å². The molecular formula is C25H27NO5. The van der Waals surface area contributed by atoms with E-state index in [2.05, 4.69) is 25.8 Å². The summed E-state index contributed by atoms with van der Waals surface area (Å²) in [6, 6.07) is 12.9. The van der Waals surface area contributed by atoms with Crippen LogP contribution in [0.4, 0.5) is 0 Å². The van der Waals surface area contributed by atoms with E-state index >= 15 is 0 Å². The molecule has 1 aliphatic rings. The maximum atomic E-state index is 12.3. The Bertz CT molecular complexity index is 1040. The predicted octanol–water partition coefficient (Wildman–Crippen LogP) is 5.04. The number of esters is 2. The van der Waals surface area contributed by atoms with Crippen LogP contribution in [0.15, 0.2) is 53.2 Å². The summed E-state index contributed by atoms with van der Waals surface area (Å²) in [6.07, 6.45) is 2.59. The number of methoxy groups -OCH3 is 1. The monoisotopic (exact) mass is 421 g/mol. The van der Waals surface area contributed by atoms with Crippen molar-refractivity contribution in [2.75, 3.05) is 7.11 Å².